The minimum atomic E-state index is 0.498. The molecule has 0 saturated carbocycles. The van der Waals surface area contributed by atoms with Crippen molar-refractivity contribution in [3.8, 4) is 0 Å². The number of hydrogen-bond acceptors (Lipinski definition) is 4. The van der Waals surface area contributed by atoms with Crippen LogP contribution in [-0.4, -0.2) is 23.6 Å². The molecule has 1 N–H and O–H groups in total. The summed E-state index contributed by atoms with van der Waals surface area (Å²) >= 11 is 11.9. The number of benzene rings is 1. The van der Waals surface area contributed by atoms with Crippen LogP contribution in [0.1, 0.15) is 19.8 Å². The highest BCUT2D eigenvalue weighted by atomic mass is 35.5. The molecule has 0 spiro atoms. The molecule has 0 radical (unpaired) electrons. The molecule has 1 aromatic heterocycles. The van der Waals surface area contributed by atoms with E-state index in [9.17, 15) is 0 Å². The molecule has 0 aliphatic carbocycles. The molecule has 2 aromatic rings. The van der Waals surface area contributed by atoms with Crippen molar-refractivity contribution in [2.45, 2.75) is 19.8 Å². The van der Waals surface area contributed by atoms with Crippen molar-refractivity contribution in [1.82, 2.24) is 9.97 Å². The number of aromatic nitrogens is 2. The summed E-state index contributed by atoms with van der Waals surface area (Å²) in [7, 11) is 2.03. The van der Waals surface area contributed by atoms with Gasteiger partial charge in [0.05, 0.1) is 10.0 Å². The Morgan fingerprint density at radius 3 is 2.71 bits per heavy atom. The van der Waals surface area contributed by atoms with E-state index in [0.29, 0.717) is 16.0 Å². The maximum Gasteiger partial charge on any atom is 0.229 e. The Labute approximate surface area is 135 Å². The van der Waals surface area contributed by atoms with Gasteiger partial charge >= 0.3 is 0 Å². The lowest BCUT2D eigenvalue weighted by molar-refractivity contribution is 0.759. The maximum atomic E-state index is 6.00. The van der Waals surface area contributed by atoms with E-state index >= 15 is 0 Å². The molecule has 21 heavy (non-hydrogen) atoms. The van der Waals surface area contributed by atoms with Gasteiger partial charge in [-0.2, -0.15) is 4.98 Å². The summed E-state index contributed by atoms with van der Waals surface area (Å²) in [6.45, 7) is 3.14. The number of nitrogens with zero attached hydrogens (tertiary/aromatic N) is 3. The summed E-state index contributed by atoms with van der Waals surface area (Å²) in [5, 5.41) is 4.15. The minimum absolute atomic E-state index is 0.498. The first-order valence-electron chi connectivity index (χ1n) is 6.86. The van der Waals surface area contributed by atoms with Crippen molar-refractivity contribution in [3.05, 3.63) is 40.5 Å². The van der Waals surface area contributed by atoms with Crippen LogP contribution in [0.15, 0.2) is 30.5 Å². The Bertz CT molecular complexity index is 604. The van der Waals surface area contributed by atoms with E-state index in [-0.39, 0.29) is 0 Å². The highest BCUT2D eigenvalue weighted by Crippen LogP contribution is 2.26. The number of unbranched alkanes of at least 4 members (excludes halogenated alkanes) is 1. The molecule has 0 aliphatic heterocycles. The second-order valence-corrected chi connectivity index (χ2v) is 5.58. The summed E-state index contributed by atoms with van der Waals surface area (Å²) in [5.74, 6) is 1.43. The van der Waals surface area contributed by atoms with Gasteiger partial charge in [0.1, 0.15) is 5.82 Å². The normalized spacial score (nSPS) is 10.5. The van der Waals surface area contributed by atoms with Crippen LogP contribution in [-0.2, 0) is 0 Å². The Hall–Kier alpha value is -1.52. The van der Waals surface area contributed by atoms with Crippen molar-refractivity contribution in [1.29, 1.82) is 0 Å². The molecule has 0 unspecified atom stereocenters. The molecule has 0 atom stereocenters. The number of anilines is 3. The van der Waals surface area contributed by atoms with Gasteiger partial charge < -0.3 is 10.2 Å². The summed E-state index contributed by atoms with van der Waals surface area (Å²) in [4.78, 5) is 10.8. The van der Waals surface area contributed by atoms with Crippen molar-refractivity contribution in [3.63, 3.8) is 0 Å². The lowest BCUT2D eigenvalue weighted by Crippen LogP contribution is -2.19. The lowest BCUT2D eigenvalue weighted by Gasteiger charge is -2.18. The first kappa shape index (κ1) is 15.9. The number of rotatable bonds is 6. The monoisotopic (exact) mass is 324 g/mol. The van der Waals surface area contributed by atoms with E-state index in [2.05, 4.69) is 27.1 Å². The fourth-order valence-corrected chi connectivity index (χ4v) is 2.13. The van der Waals surface area contributed by atoms with Gasteiger partial charge in [0.2, 0.25) is 5.95 Å². The van der Waals surface area contributed by atoms with Gasteiger partial charge in [-0.15, -0.1) is 0 Å². The molecule has 0 saturated heterocycles. The summed E-state index contributed by atoms with van der Waals surface area (Å²) in [6, 6.07) is 7.23. The second-order valence-electron chi connectivity index (χ2n) is 4.77. The van der Waals surface area contributed by atoms with Crippen molar-refractivity contribution in [2.75, 3.05) is 23.8 Å². The van der Waals surface area contributed by atoms with Gasteiger partial charge in [-0.1, -0.05) is 36.5 Å². The van der Waals surface area contributed by atoms with Crippen LogP contribution in [0.3, 0.4) is 0 Å². The van der Waals surface area contributed by atoms with E-state index < -0.39 is 0 Å². The molecule has 2 rings (SSSR count). The van der Waals surface area contributed by atoms with Crippen LogP contribution in [0.25, 0.3) is 0 Å². The predicted octanol–water partition coefficient (Wildman–Crippen LogP) is 4.76. The Balaban J connectivity index is 2.11. The third kappa shape index (κ3) is 4.48. The van der Waals surface area contributed by atoms with Crippen LogP contribution < -0.4 is 10.2 Å². The molecule has 0 amide bonds. The van der Waals surface area contributed by atoms with Crippen LogP contribution in [0.5, 0.6) is 0 Å². The largest absolute Gasteiger partial charge is 0.360 e. The highest BCUT2D eigenvalue weighted by molar-refractivity contribution is 6.42. The molecule has 0 aliphatic rings. The third-order valence-corrected chi connectivity index (χ3v) is 3.79. The standard InChI is InChI=1S/C15H18Cl2N4/c1-3-4-9-21(2)14-7-8-18-15(20-14)19-11-5-6-12(16)13(17)10-11/h5-8,10H,3-4,9H2,1-2H3,(H,18,19,20). The molecule has 4 nitrogen and oxygen atoms in total. The molecular formula is C15H18Cl2N4. The zero-order valence-electron chi connectivity index (χ0n) is 12.1. The van der Waals surface area contributed by atoms with Gasteiger partial charge in [0, 0.05) is 25.5 Å². The van der Waals surface area contributed by atoms with Crippen LogP contribution >= 0.6 is 23.2 Å². The first-order chi connectivity index (χ1) is 10.1. The molecule has 112 valence electrons. The molecule has 0 fully saturated rings. The quantitative estimate of drug-likeness (QED) is 0.831. The summed E-state index contributed by atoms with van der Waals surface area (Å²) < 4.78 is 0. The van der Waals surface area contributed by atoms with Crippen LogP contribution in [0, 0.1) is 0 Å². The molecular weight excluding hydrogens is 307 g/mol. The van der Waals surface area contributed by atoms with E-state index in [1.807, 2.05) is 19.2 Å². The Morgan fingerprint density at radius 1 is 1.19 bits per heavy atom. The first-order valence-corrected chi connectivity index (χ1v) is 7.62. The van der Waals surface area contributed by atoms with Gasteiger partial charge in [0.15, 0.2) is 0 Å². The van der Waals surface area contributed by atoms with Crippen molar-refractivity contribution in [2.24, 2.45) is 0 Å². The fourth-order valence-electron chi connectivity index (χ4n) is 1.83. The zero-order chi connectivity index (χ0) is 15.2. The number of halogens is 2. The summed E-state index contributed by atoms with van der Waals surface area (Å²) in [5.41, 5.74) is 0.803. The van der Waals surface area contributed by atoms with Crippen molar-refractivity contribution < 1.29 is 0 Å². The zero-order valence-corrected chi connectivity index (χ0v) is 13.6. The average molecular weight is 325 g/mol. The van der Waals surface area contributed by atoms with Gasteiger partial charge in [-0.05, 0) is 30.7 Å². The Kier molecular flexibility index (Phi) is 5.65. The van der Waals surface area contributed by atoms with E-state index in [1.54, 1.807) is 18.3 Å². The maximum absolute atomic E-state index is 6.00. The minimum Gasteiger partial charge on any atom is -0.360 e. The molecule has 0 bridgehead atoms. The predicted molar refractivity (Wildman–Crippen MR) is 90.0 cm³/mol. The number of nitrogens with one attached hydrogen (secondary N) is 1. The average Bonchev–Trinajstić information content (AvgIpc) is 2.49. The van der Waals surface area contributed by atoms with Crippen LogP contribution in [0.4, 0.5) is 17.5 Å². The lowest BCUT2D eigenvalue weighted by atomic mass is 10.3. The number of hydrogen-bond donors (Lipinski definition) is 1. The topological polar surface area (TPSA) is 41.1 Å². The van der Waals surface area contributed by atoms with Gasteiger partial charge in [-0.25, -0.2) is 4.98 Å². The van der Waals surface area contributed by atoms with Gasteiger partial charge in [0.25, 0.3) is 0 Å². The van der Waals surface area contributed by atoms with Gasteiger partial charge in [-0.3, -0.25) is 0 Å². The van der Waals surface area contributed by atoms with E-state index in [1.165, 1.54) is 0 Å². The Morgan fingerprint density at radius 2 is 2.00 bits per heavy atom. The molecule has 1 heterocycles. The smallest absolute Gasteiger partial charge is 0.229 e. The second kappa shape index (κ2) is 7.48. The highest BCUT2D eigenvalue weighted by Gasteiger charge is 2.05. The molecule has 6 heteroatoms. The van der Waals surface area contributed by atoms with Crippen molar-refractivity contribution >= 4 is 40.7 Å². The summed E-state index contributed by atoms with van der Waals surface area (Å²) in [6.07, 6.45) is 4.03. The SMILES string of the molecule is CCCCN(C)c1ccnc(Nc2ccc(Cl)c(Cl)c2)n1. The van der Waals surface area contributed by atoms with Crippen LogP contribution in [0.2, 0.25) is 10.0 Å². The van der Waals surface area contributed by atoms with E-state index in [4.69, 9.17) is 23.2 Å². The van der Waals surface area contributed by atoms with E-state index in [0.717, 1.165) is 30.9 Å². The molecule has 1 aromatic carbocycles. The fraction of sp³-hybridized carbons (Fsp3) is 0.333. The third-order valence-electron chi connectivity index (χ3n) is 3.05.